The predicted molar refractivity (Wildman–Crippen MR) is 99.4 cm³/mol. The van der Waals surface area contributed by atoms with E-state index in [4.69, 9.17) is 4.74 Å². The number of rotatable bonds is 7. The first-order chi connectivity index (χ1) is 12.2. The van der Waals surface area contributed by atoms with E-state index in [1.54, 1.807) is 0 Å². The number of ether oxygens (including phenoxy) is 1. The van der Waals surface area contributed by atoms with Crippen LogP contribution in [-0.4, -0.2) is 21.9 Å². The van der Waals surface area contributed by atoms with Crippen molar-refractivity contribution in [2.24, 2.45) is 0 Å². The minimum Gasteiger partial charge on any atom is -0.491 e. The lowest BCUT2D eigenvalue weighted by Crippen LogP contribution is -2.17. The molecule has 25 heavy (non-hydrogen) atoms. The highest BCUT2D eigenvalue weighted by atomic mass is 16.5. The molecule has 0 spiro atoms. The van der Waals surface area contributed by atoms with Crippen LogP contribution in [0.5, 0.6) is 5.75 Å². The molecule has 3 aromatic rings. The monoisotopic (exact) mass is 337 g/mol. The maximum absolute atomic E-state index is 13.0. The average Bonchev–Trinajstić information content (AvgIpc) is 2.99. The van der Waals surface area contributed by atoms with Crippen LogP contribution in [0.3, 0.4) is 0 Å². The molecule has 0 atom stereocenters. The van der Waals surface area contributed by atoms with Crippen molar-refractivity contribution in [2.75, 3.05) is 11.9 Å². The van der Waals surface area contributed by atoms with E-state index in [9.17, 15) is 4.79 Å². The number of aromatic nitrogens is 2. The van der Waals surface area contributed by atoms with E-state index in [0.717, 1.165) is 30.6 Å². The summed E-state index contributed by atoms with van der Waals surface area (Å²) in [6.07, 6.45) is 4.48. The molecular formula is C20H23N3O2. The number of fused-ring (bicyclic) bond motifs is 1. The number of carbonyl (C=O) groups excluding carboxylic acids is 1. The zero-order valence-corrected chi connectivity index (χ0v) is 14.7. The maximum Gasteiger partial charge on any atom is 0.274 e. The molecule has 130 valence electrons. The number of nitrogens with one attached hydrogen (secondary N) is 1. The highest BCUT2D eigenvalue weighted by Crippen LogP contribution is 2.25. The van der Waals surface area contributed by atoms with Crippen LogP contribution < -0.4 is 10.1 Å². The van der Waals surface area contributed by atoms with E-state index in [2.05, 4.69) is 24.1 Å². The van der Waals surface area contributed by atoms with Crippen molar-refractivity contribution in [2.45, 2.75) is 33.1 Å². The van der Waals surface area contributed by atoms with Gasteiger partial charge in [-0.05, 0) is 37.1 Å². The molecule has 0 fully saturated rings. The van der Waals surface area contributed by atoms with Crippen LogP contribution in [0.2, 0.25) is 0 Å². The fourth-order valence-electron chi connectivity index (χ4n) is 2.79. The van der Waals surface area contributed by atoms with E-state index < -0.39 is 0 Å². The number of benzene rings is 1. The molecule has 0 unspecified atom stereocenters. The molecule has 1 N–H and O–H groups in total. The predicted octanol–water partition coefficient (Wildman–Crippen LogP) is 4.33. The van der Waals surface area contributed by atoms with Crippen LogP contribution in [0.4, 0.5) is 5.69 Å². The quantitative estimate of drug-likeness (QED) is 0.698. The van der Waals surface area contributed by atoms with Gasteiger partial charge in [-0.25, -0.2) is 4.98 Å². The van der Waals surface area contributed by atoms with Gasteiger partial charge in [-0.3, -0.25) is 9.20 Å². The summed E-state index contributed by atoms with van der Waals surface area (Å²) in [5.41, 5.74) is 2.86. The molecule has 0 aliphatic rings. The van der Waals surface area contributed by atoms with E-state index in [1.165, 1.54) is 0 Å². The summed E-state index contributed by atoms with van der Waals surface area (Å²) in [5.74, 6) is 0.512. The molecule has 0 aliphatic heterocycles. The standard InChI is InChI=1S/C20H23N3O2/c1-3-9-16-19(23-13-8-7-12-18(23)21-16)20(24)22-15-10-5-6-11-17(15)25-14-4-2/h5-8,10-13H,3-4,9,14H2,1-2H3,(H,22,24). The lowest BCUT2D eigenvalue weighted by Gasteiger charge is -2.12. The topological polar surface area (TPSA) is 55.6 Å². The van der Waals surface area contributed by atoms with Gasteiger partial charge >= 0.3 is 0 Å². The largest absolute Gasteiger partial charge is 0.491 e. The van der Waals surface area contributed by atoms with Gasteiger partial charge in [0.2, 0.25) is 0 Å². The first-order valence-corrected chi connectivity index (χ1v) is 8.73. The molecule has 2 aromatic heterocycles. The SMILES string of the molecule is CCCOc1ccccc1NC(=O)c1c(CCC)nc2ccccn12. The number of hydrogen-bond acceptors (Lipinski definition) is 3. The Hall–Kier alpha value is -2.82. The van der Waals surface area contributed by atoms with Gasteiger partial charge in [-0.15, -0.1) is 0 Å². The van der Waals surface area contributed by atoms with E-state index in [0.29, 0.717) is 23.7 Å². The number of para-hydroxylation sites is 2. The fraction of sp³-hybridized carbons (Fsp3) is 0.300. The molecule has 0 saturated carbocycles. The number of hydrogen-bond donors (Lipinski definition) is 1. The highest BCUT2D eigenvalue weighted by Gasteiger charge is 2.19. The zero-order valence-electron chi connectivity index (χ0n) is 14.7. The van der Waals surface area contributed by atoms with Gasteiger partial charge in [0.1, 0.15) is 17.1 Å². The van der Waals surface area contributed by atoms with Crippen molar-refractivity contribution >= 4 is 17.2 Å². The van der Waals surface area contributed by atoms with Crippen LogP contribution in [0.15, 0.2) is 48.7 Å². The molecule has 0 bridgehead atoms. The second-order valence-electron chi connectivity index (χ2n) is 5.88. The smallest absolute Gasteiger partial charge is 0.274 e. The summed E-state index contributed by atoms with van der Waals surface area (Å²) in [6, 6.07) is 13.2. The highest BCUT2D eigenvalue weighted by molar-refractivity contribution is 6.05. The first-order valence-electron chi connectivity index (χ1n) is 8.73. The van der Waals surface area contributed by atoms with Gasteiger partial charge in [-0.2, -0.15) is 0 Å². The molecule has 5 nitrogen and oxygen atoms in total. The van der Waals surface area contributed by atoms with Gasteiger partial charge < -0.3 is 10.1 Å². The molecule has 0 saturated heterocycles. The molecule has 0 aliphatic carbocycles. The number of amides is 1. The molecule has 5 heteroatoms. The molecular weight excluding hydrogens is 314 g/mol. The fourth-order valence-corrected chi connectivity index (χ4v) is 2.79. The minimum absolute atomic E-state index is 0.172. The summed E-state index contributed by atoms with van der Waals surface area (Å²) in [5, 5.41) is 2.99. The molecule has 1 amide bonds. The van der Waals surface area contributed by atoms with Crippen molar-refractivity contribution < 1.29 is 9.53 Å². The van der Waals surface area contributed by atoms with Gasteiger partial charge in [0.05, 0.1) is 18.0 Å². The molecule has 3 rings (SSSR count). The van der Waals surface area contributed by atoms with Crippen molar-refractivity contribution in [3.63, 3.8) is 0 Å². The van der Waals surface area contributed by atoms with Gasteiger partial charge in [0, 0.05) is 6.20 Å². The minimum atomic E-state index is -0.172. The zero-order chi connectivity index (χ0) is 17.6. The lowest BCUT2D eigenvalue weighted by atomic mass is 10.2. The Morgan fingerprint density at radius 3 is 2.72 bits per heavy atom. The Kier molecular flexibility index (Phi) is 5.33. The normalized spacial score (nSPS) is 10.8. The van der Waals surface area contributed by atoms with Crippen LogP contribution in [0.25, 0.3) is 5.65 Å². The third kappa shape index (κ3) is 3.65. The van der Waals surface area contributed by atoms with Crippen molar-refractivity contribution in [3.8, 4) is 5.75 Å². The maximum atomic E-state index is 13.0. The first kappa shape index (κ1) is 17.0. The Bertz CT molecular complexity index is 870. The number of aryl methyl sites for hydroxylation is 1. The van der Waals surface area contributed by atoms with E-state index in [-0.39, 0.29) is 5.91 Å². The Balaban J connectivity index is 1.94. The van der Waals surface area contributed by atoms with Crippen molar-refractivity contribution in [1.82, 2.24) is 9.38 Å². The summed E-state index contributed by atoms with van der Waals surface area (Å²) >= 11 is 0. The molecule has 0 radical (unpaired) electrons. The van der Waals surface area contributed by atoms with Crippen LogP contribution in [-0.2, 0) is 6.42 Å². The summed E-state index contributed by atoms with van der Waals surface area (Å²) in [7, 11) is 0. The molecule has 2 heterocycles. The Morgan fingerprint density at radius 1 is 1.12 bits per heavy atom. The third-order valence-corrected chi connectivity index (χ3v) is 3.90. The van der Waals surface area contributed by atoms with Gasteiger partial charge in [-0.1, -0.05) is 38.5 Å². The van der Waals surface area contributed by atoms with Gasteiger partial charge in [0.15, 0.2) is 0 Å². The van der Waals surface area contributed by atoms with Crippen LogP contribution in [0.1, 0.15) is 42.9 Å². The van der Waals surface area contributed by atoms with Crippen LogP contribution >= 0.6 is 0 Å². The van der Waals surface area contributed by atoms with Crippen molar-refractivity contribution in [3.05, 3.63) is 60.0 Å². The number of pyridine rings is 1. The third-order valence-electron chi connectivity index (χ3n) is 3.90. The number of carbonyl (C=O) groups is 1. The summed E-state index contributed by atoms with van der Waals surface area (Å²) < 4.78 is 7.58. The van der Waals surface area contributed by atoms with E-state index in [1.807, 2.05) is 53.1 Å². The Morgan fingerprint density at radius 2 is 1.92 bits per heavy atom. The van der Waals surface area contributed by atoms with Crippen LogP contribution in [0, 0.1) is 0 Å². The Labute approximate surface area is 147 Å². The second-order valence-corrected chi connectivity index (χ2v) is 5.88. The summed E-state index contributed by atoms with van der Waals surface area (Å²) in [6.45, 7) is 4.75. The average molecular weight is 337 g/mol. The molecule has 1 aromatic carbocycles. The summed E-state index contributed by atoms with van der Waals surface area (Å²) in [4.78, 5) is 17.6. The second kappa shape index (κ2) is 7.83. The van der Waals surface area contributed by atoms with Gasteiger partial charge in [0.25, 0.3) is 5.91 Å². The number of anilines is 1. The number of nitrogens with zero attached hydrogens (tertiary/aromatic N) is 2. The lowest BCUT2D eigenvalue weighted by molar-refractivity contribution is 0.102. The van der Waals surface area contributed by atoms with E-state index >= 15 is 0 Å². The number of imidazole rings is 1. The van der Waals surface area contributed by atoms with Crippen molar-refractivity contribution in [1.29, 1.82) is 0 Å².